The molecule has 110 valence electrons. The number of hydrogen-bond donors (Lipinski definition) is 1. The molecule has 0 aromatic carbocycles. The van der Waals surface area contributed by atoms with Crippen molar-refractivity contribution >= 4 is 23.1 Å². The van der Waals surface area contributed by atoms with Crippen molar-refractivity contribution in [3.05, 3.63) is 0 Å². The molecule has 1 aliphatic heterocycles. The number of amides is 1. The zero-order chi connectivity index (χ0) is 14.5. The van der Waals surface area contributed by atoms with Crippen LogP contribution >= 0.6 is 12.2 Å². The van der Waals surface area contributed by atoms with Crippen LogP contribution in [0.5, 0.6) is 0 Å². The van der Waals surface area contributed by atoms with Crippen molar-refractivity contribution in [3.63, 3.8) is 0 Å². The Morgan fingerprint density at radius 3 is 2.42 bits per heavy atom. The summed E-state index contributed by atoms with van der Waals surface area (Å²) < 4.78 is 5.35. The van der Waals surface area contributed by atoms with Gasteiger partial charge in [-0.15, -0.1) is 0 Å². The Morgan fingerprint density at radius 2 is 2.00 bits per heavy atom. The number of carbonyl (C=O) groups is 1. The molecule has 1 atom stereocenters. The number of thiocarbonyl (C=S) groups is 1. The third kappa shape index (κ3) is 3.66. The lowest BCUT2D eigenvalue weighted by Crippen LogP contribution is -2.54. The zero-order valence-corrected chi connectivity index (χ0v) is 13.1. The van der Waals surface area contributed by atoms with E-state index in [-0.39, 0.29) is 5.91 Å². The van der Waals surface area contributed by atoms with Crippen LogP contribution in [0.4, 0.5) is 0 Å². The van der Waals surface area contributed by atoms with Crippen LogP contribution in [-0.4, -0.2) is 42.1 Å². The highest BCUT2D eigenvalue weighted by atomic mass is 32.1. The molecule has 0 aromatic heterocycles. The lowest BCUT2D eigenvalue weighted by atomic mass is 9.78. The number of nitrogens with zero attached hydrogens (tertiary/aromatic N) is 1. The summed E-state index contributed by atoms with van der Waals surface area (Å²) in [4.78, 5) is 15.1. The Balaban J connectivity index is 2.88. The molecule has 1 heterocycles. The second-order valence-corrected chi connectivity index (χ2v) is 5.86. The maximum Gasteiger partial charge on any atom is 0.235 e. The van der Waals surface area contributed by atoms with Crippen molar-refractivity contribution in [2.24, 2.45) is 17.1 Å². The maximum atomic E-state index is 12.8. The topological polar surface area (TPSA) is 55.6 Å². The Labute approximate surface area is 121 Å². The molecule has 1 amide bonds. The Hall–Kier alpha value is -0.680. The van der Waals surface area contributed by atoms with E-state index in [1.807, 2.05) is 11.8 Å². The van der Waals surface area contributed by atoms with Crippen molar-refractivity contribution in [1.29, 1.82) is 0 Å². The fourth-order valence-electron chi connectivity index (χ4n) is 2.45. The third-order valence-electron chi connectivity index (χ3n) is 4.13. The maximum absolute atomic E-state index is 12.8. The predicted molar refractivity (Wildman–Crippen MR) is 81.0 cm³/mol. The summed E-state index contributed by atoms with van der Waals surface area (Å²) >= 11 is 5.19. The third-order valence-corrected chi connectivity index (χ3v) is 4.52. The van der Waals surface area contributed by atoms with Crippen LogP contribution in [0.15, 0.2) is 0 Å². The molecule has 4 nitrogen and oxygen atoms in total. The van der Waals surface area contributed by atoms with E-state index in [4.69, 9.17) is 22.7 Å². The van der Waals surface area contributed by atoms with Gasteiger partial charge in [0.25, 0.3) is 0 Å². The monoisotopic (exact) mass is 286 g/mol. The molecule has 19 heavy (non-hydrogen) atoms. The first-order valence-corrected chi connectivity index (χ1v) is 7.55. The number of carbonyl (C=O) groups excluding carboxylic acids is 1. The average Bonchev–Trinajstić information content (AvgIpc) is 2.44. The molecule has 0 spiro atoms. The van der Waals surface area contributed by atoms with Crippen LogP contribution in [-0.2, 0) is 9.53 Å². The molecule has 1 aliphatic rings. The highest BCUT2D eigenvalue weighted by Gasteiger charge is 2.45. The summed E-state index contributed by atoms with van der Waals surface area (Å²) in [6.45, 7) is 8.90. The first-order chi connectivity index (χ1) is 8.97. The van der Waals surface area contributed by atoms with Gasteiger partial charge in [0.2, 0.25) is 5.91 Å². The van der Waals surface area contributed by atoms with Crippen molar-refractivity contribution in [2.75, 3.05) is 26.3 Å². The summed E-state index contributed by atoms with van der Waals surface area (Å²) in [6, 6.07) is 0. The average molecular weight is 286 g/mol. The van der Waals surface area contributed by atoms with Gasteiger partial charge in [-0.25, -0.2) is 0 Å². The van der Waals surface area contributed by atoms with Crippen molar-refractivity contribution in [3.8, 4) is 0 Å². The van der Waals surface area contributed by atoms with Crippen LogP contribution in [0.1, 0.15) is 40.0 Å². The van der Waals surface area contributed by atoms with Crippen LogP contribution in [0.25, 0.3) is 0 Å². The van der Waals surface area contributed by atoms with E-state index < -0.39 is 5.41 Å². The van der Waals surface area contributed by atoms with E-state index in [1.165, 1.54) is 0 Å². The van der Waals surface area contributed by atoms with Gasteiger partial charge in [0.15, 0.2) is 0 Å². The Morgan fingerprint density at radius 1 is 1.42 bits per heavy atom. The molecular weight excluding hydrogens is 260 g/mol. The van der Waals surface area contributed by atoms with E-state index in [9.17, 15) is 4.79 Å². The molecule has 1 unspecified atom stereocenters. The molecule has 1 saturated heterocycles. The molecule has 2 N–H and O–H groups in total. The van der Waals surface area contributed by atoms with Gasteiger partial charge in [-0.1, -0.05) is 32.5 Å². The van der Waals surface area contributed by atoms with Crippen LogP contribution in [0.2, 0.25) is 0 Å². The fraction of sp³-hybridized carbons (Fsp3) is 0.857. The van der Waals surface area contributed by atoms with Gasteiger partial charge in [0.1, 0.15) is 5.41 Å². The van der Waals surface area contributed by atoms with Crippen molar-refractivity contribution in [1.82, 2.24) is 4.90 Å². The van der Waals surface area contributed by atoms with Crippen LogP contribution < -0.4 is 5.73 Å². The second kappa shape index (κ2) is 7.20. The highest BCUT2D eigenvalue weighted by Crippen LogP contribution is 2.33. The molecule has 0 bridgehead atoms. The fourth-order valence-corrected chi connectivity index (χ4v) is 2.74. The standard InChI is InChI=1S/C14H26N2O2S/c1-4-11(3)10-16(5-2)13(17)14(12(15)19)6-8-18-9-7-14/h11H,4-10H2,1-3H3,(H2,15,19). The Kier molecular flexibility index (Phi) is 6.20. The number of nitrogens with two attached hydrogens (primary N) is 1. The molecule has 0 radical (unpaired) electrons. The molecule has 0 aromatic rings. The van der Waals surface area contributed by atoms with Crippen molar-refractivity contribution < 1.29 is 9.53 Å². The number of hydrogen-bond acceptors (Lipinski definition) is 3. The molecule has 1 rings (SSSR count). The summed E-state index contributed by atoms with van der Waals surface area (Å²) in [7, 11) is 0. The quantitative estimate of drug-likeness (QED) is 0.758. The van der Waals surface area contributed by atoms with Gasteiger partial charge in [-0.2, -0.15) is 0 Å². The van der Waals surface area contributed by atoms with Gasteiger partial charge in [0.05, 0.1) is 4.99 Å². The second-order valence-electron chi connectivity index (χ2n) is 5.42. The smallest absolute Gasteiger partial charge is 0.235 e. The van der Waals surface area contributed by atoms with Gasteiger partial charge < -0.3 is 15.4 Å². The molecule has 0 saturated carbocycles. The highest BCUT2D eigenvalue weighted by molar-refractivity contribution is 7.80. The van der Waals surface area contributed by atoms with E-state index in [0.717, 1.165) is 13.0 Å². The first-order valence-electron chi connectivity index (χ1n) is 7.15. The summed E-state index contributed by atoms with van der Waals surface area (Å²) in [6.07, 6.45) is 2.28. The van der Waals surface area contributed by atoms with Crippen molar-refractivity contribution in [2.45, 2.75) is 40.0 Å². The predicted octanol–water partition coefficient (Wildman–Crippen LogP) is 1.96. The Bertz CT molecular complexity index is 327. The van der Waals surface area contributed by atoms with Gasteiger partial charge in [0, 0.05) is 26.3 Å². The van der Waals surface area contributed by atoms with Crippen LogP contribution in [0, 0.1) is 11.3 Å². The lowest BCUT2D eigenvalue weighted by molar-refractivity contribution is -0.142. The lowest BCUT2D eigenvalue weighted by Gasteiger charge is -2.39. The number of rotatable bonds is 6. The zero-order valence-electron chi connectivity index (χ0n) is 12.3. The number of ether oxygens (including phenoxy) is 1. The van der Waals surface area contributed by atoms with E-state index in [0.29, 0.717) is 43.5 Å². The first kappa shape index (κ1) is 16.4. The van der Waals surface area contributed by atoms with Gasteiger partial charge in [-0.3, -0.25) is 4.79 Å². The minimum Gasteiger partial charge on any atom is -0.392 e. The SMILES string of the molecule is CCC(C)CN(CC)C(=O)C1(C(N)=S)CCOCC1. The summed E-state index contributed by atoms with van der Waals surface area (Å²) in [5, 5.41) is 0. The minimum atomic E-state index is -0.683. The minimum absolute atomic E-state index is 0.0890. The summed E-state index contributed by atoms with van der Waals surface area (Å²) in [5.74, 6) is 0.582. The molecule has 1 fully saturated rings. The molecular formula is C14H26N2O2S. The van der Waals surface area contributed by atoms with Gasteiger partial charge >= 0.3 is 0 Å². The normalized spacial score (nSPS) is 19.7. The van der Waals surface area contributed by atoms with E-state index >= 15 is 0 Å². The van der Waals surface area contributed by atoms with Gasteiger partial charge in [-0.05, 0) is 25.7 Å². The van der Waals surface area contributed by atoms with E-state index in [2.05, 4.69) is 13.8 Å². The van der Waals surface area contributed by atoms with Crippen LogP contribution in [0.3, 0.4) is 0 Å². The largest absolute Gasteiger partial charge is 0.392 e. The molecule has 5 heteroatoms. The summed E-state index contributed by atoms with van der Waals surface area (Å²) in [5.41, 5.74) is 5.20. The van der Waals surface area contributed by atoms with E-state index in [1.54, 1.807) is 0 Å². The molecule has 0 aliphatic carbocycles.